The first kappa shape index (κ1) is 11.0. The molecule has 0 radical (unpaired) electrons. The van der Waals surface area contributed by atoms with Crippen molar-refractivity contribution in [2.75, 3.05) is 0 Å². The van der Waals surface area contributed by atoms with Crippen LogP contribution in [-0.4, -0.2) is 5.78 Å². The van der Waals surface area contributed by atoms with Crippen molar-refractivity contribution in [1.82, 2.24) is 0 Å². The molecule has 0 spiro atoms. The van der Waals surface area contributed by atoms with Gasteiger partial charge in [-0.1, -0.05) is 38.1 Å². The molecule has 1 aromatic carbocycles. The van der Waals surface area contributed by atoms with Gasteiger partial charge in [-0.15, -0.1) is 0 Å². The molecular weight excluding hydrogens is 172 g/mol. The Hall–Kier alpha value is -1.11. The van der Waals surface area contributed by atoms with Crippen LogP contribution < -0.4 is 0 Å². The Kier molecular flexibility index (Phi) is 3.87. The van der Waals surface area contributed by atoms with Gasteiger partial charge in [0.15, 0.2) is 0 Å². The maximum Gasteiger partial charge on any atom is 0.130 e. The summed E-state index contributed by atoms with van der Waals surface area (Å²) in [6, 6.07) is 8.51. The number of hydrogen-bond acceptors (Lipinski definition) is 1. The van der Waals surface area contributed by atoms with Gasteiger partial charge < -0.3 is 4.79 Å². The fraction of sp³-hybridized carbons (Fsp3) is 0.462. The van der Waals surface area contributed by atoms with E-state index in [1.54, 1.807) is 6.92 Å². The Morgan fingerprint density at radius 1 is 1.43 bits per heavy atom. The highest BCUT2D eigenvalue weighted by atomic mass is 16.1. The van der Waals surface area contributed by atoms with E-state index >= 15 is 0 Å². The predicted octanol–water partition coefficient (Wildman–Crippen LogP) is 3.33. The highest BCUT2D eigenvalue weighted by molar-refractivity contribution is 5.76. The largest absolute Gasteiger partial charge is 0.300 e. The van der Waals surface area contributed by atoms with E-state index in [-0.39, 0.29) is 5.78 Å². The molecule has 1 nitrogen and oxygen atoms in total. The van der Waals surface area contributed by atoms with Crippen molar-refractivity contribution >= 4 is 5.78 Å². The van der Waals surface area contributed by atoms with Gasteiger partial charge in [-0.05, 0) is 30.4 Å². The fourth-order valence-corrected chi connectivity index (χ4v) is 1.67. The number of Topliss-reactive ketones (excluding diaryl/α,β-unsaturated/α-hetero) is 1. The molecule has 0 saturated carbocycles. The Labute approximate surface area is 86.1 Å². The van der Waals surface area contributed by atoms with Crippen molar-refractivity contribution < 1.29 is 4.79 Å². The average Bonchev–Trinajstić information content (AvgIpc) is 2.17. The van der Waals surface area contributed by atoms with E-state index in [0.29, 0.717) is 12.3 Å². The maximum absolute atomic E-state index is 11.0. The van der Waals surface area contributed by atoms with E-state index < -0.39 is 0 Å². The lowest BCUT2D eigenvalue weighted by molar-refractivity contribution is -0.117. The molecule has 0 aliphatic rings. The summed E-state index contributed by atoms with van der Waals surface area (Å²) in [6.07, 6.45) is 1.70. The zero-order valence-corrected chi connectivity index (χ0v) is 9.21. The molecule has 0 fully saturated rings. The minimum absolute atomic E-state index is 0.263. The van der Waals surface area contributed by atoms with E-state index in [0.717, 1.165) is 6.42 Å². The second-order valence-electron chi connectivity index (χ2n) is 3.91. The molecule has 76 valence electrons. The quantitative estimate of drug-likeness (QED) is 0.711. The van der Waals surface area contributed by atoms with E-state index in [4.69, 9.17) is 0 Å². The van der Waals surface area contributed by atoms with Crippen molar-refractivity contribution in [2.24, 2.45) is 0 Å². The van der Waals surface area contributed by atoms with Crippen molar-refractivity contribution in [3.05, 3.63) is 35.4 Å². The number of carbonyl (C=O) groups is 1. The van der Waals surface area contributed by atoms with Gasteiger partial charge in [-0.2, -0.15) is 0 Å². The SMILES string of the molecule is CCc1cccc(C(C)CC(C)=O)c1. The Morgan fingerprint density at radius 3 is 2.71 bits per heavy atom. The smallest absolute Gasteiger partial charge is 0.130 e. The van der Waals surface area contributed by atoms with E-state index in [1.807, 2.05) is 0 Å². The van der Waals surface area contributed by atoms with Crippen LogP contribution in [0.15, 0.2) is 24.3 Å². The first-order chi connectivity index (χ1) is 6.63. The zero-order chi connectivity index (χ0) is 10.6. The van der Waals surface area contributed by atoms with Gasteiger partial charge in [-0.25, -0.2) is 0 Å². The van der Waals surface area contributed by atoms with Gasteiger partial charge >= 0.3 is 0 Å². The summed E-state index contributed by atoms with van der Waals surface area (Å²) >= 11 is 0. The first-order valence-electron chi connectivity index (χ1n) is 5.21. The average molecular weight is 190 g/mol. The second kappa shape index (κ2) is 4.94. The lowest BCUT2D eigenvalue weighted by atomic mass is 9.94. The second-order valence-corrected chi connectivity index (χ2v) is 3.91. The van der Waals surface area contributed by atoms with Crippen molar-refractivity contribution in [3.63, 3.8) is 0 Å². The molecule has 0 bridgehead atoms. The lowest BCUT2D eigenvalue weighted by Gasteiger charge is -2.10. The lowest BCUT2D eigenvalue weighted by Crippen LogP contribution is -2.00. The van der Waals surface area contributed by atoms with Gasteiger partial charge in [0.1, 0.15) is 5.78 Å². The standard InChI is InChI=1S/C13H18O/c1-4-12-6-5-7-13(9-12)10(2)8-11(3)14/h5-7,9-10H,4,8H2,1-3H3. The van der Waals surface area contributed by atoms with Crippen LogP contribution in [0.5, 0.6) is 0 Å². The minimum atomic E-state index is 0.263. The molecule has 1 rings (SSSR count). The summed E-state index contributed by atoms with van der Waals surface area (Å²) in [6.45, 7) is 5.91. The summed E-state index contributed by atoms with van der Waals surface area (Å²) < 4.78 is 0. The number of ketones is 1. The summed E-state index contributed by atoms with van der Waals surface area (Å²) in [5, 5.41) is 0. The fourth-order valence-electron chi connectivity index (χ4n) is 1.67. The van der Waals surface area contributed by atoms with Crippen LogP contribution in [0.3, 0.4) is 0 Å². The molecule has 0 heterocycles. The van der Waals surface area contributed by atoms with Gasteiger partial charge in [-0.3, -0.25) is 0 Å². The third kappa shape index (κ3) is 2.99. The van der Waals surface area contributed by atoms with Crippen molar-refractivity contribution in [3.8, 4) is 0 Å². The normalized spacial score (nSPS) is 12.5. The Bertz CT molecular complexity index is 315. The van der Waals surface area contributed by atoms with Crippen molar-refractivity contribution in [2.45, 2.75) is 39.5 Å². The van der Waals surface area contributed by atoms with Crippen LogP contribution >= 0.6 is 0 Å². The molecule has 0 aromatic heterocycles. The third-order valence-corrected chi connectivity index (χ3v) is 2.52. The van der Waals surface area contributed by atoms with E-state index in [1.165, 1.54) is 11.1 Å². The molecule has 1 atom stereocenters. The Morgan fingerprint density at radius 2 is 2.14 bits per heavy atom. The number of carbonyl (C=O) groups excluding carboxylic acids is 1. The molecular formula is C13H18O. The summed E-state index contributed by atoms with van der Waals surface area (Å²) in [7, 11) is 0. The highest BCUT2D eigenvalue weighted by Gasteiger charge is 2.07. The Balaban J connectivity index is 2.78. The van der Waals surface area contributed by atoms with Gasteiger partial charge in [0, 0.05) is 6.42 Å². The zero-order valence-electron chi connectivity index (χ0n) is 9.21. The number of benzene rings is 1. The number of aryl methyl sites for hydroxylation is 1. The van der Waals surface area contributed by atoms with Crippen LogP contribution in [0, 0.1) is 0 Å². The topological polar surface area (TPSA) is 17.1 Å². The maximum atomic E-state index is 11.0. The molecule has 0 aliphatic heterocycles. The van der Waals surface area contributed by atoms with Crippen LogP contribution in [0.2, 0.25) is 0 Å². The summed E-state index contributed by atoms with van der Waals surface area (Å²) in [4.78, 5) is 11.0. The number of hydrogen-bond donors (Lipinski definition) is 0. The van der Waals surface area contributed by atoms with Crippen molar-refractivity contribution in [1.29, 1.82) is 0 Å². The summed E-state index contributed by atoms with van der Waals surface area (Å²) in [5.74, 6) is 0.610. The molecule has 0 saturated heterocycles. The van der Waals surface area contributed by atoms with Gasteiger partial charge in [0.2, 0.25) is 0 Å². The molecule has 1 heteroatoms. The summed E-state index contributed by atoms with van der Waals surface area (Å²) in [5.41, 5.74) is 2.62. The first-order valence-corrected chi connectivity index (χ1v) is 5.21. The van der Waals surface area contributed by atoms with Crippen LogP contribution in [0.4, 0.5) is 0 Å². The number of rotatable bonds is 4. The molecule has 14 heavy (non-hydrogen) atoms. The molecule has 1 unspecified atom stereocenters. The van der Waals surface area contributed by atoms with Gasteiger partial charge in [0.05, 0.1) is 0 Å². The van der Waals surface area contributed by atoms with E-state index in [2.05, 4.69) is 38.1 Å². The molecule has 1 aromatic rings. The monoisotopic (exact) mass is 190 g/mol. The van der Waals surface area contributed by atoms with Crippen LogP contribution in [0.1, 0.15) is 44.2 Å². The minimum Gasteiger partial charge on any atom is -0.300 e. The molecule has 0 N–H and O–H groups in total. The van der Waals surface area contributed by atoms with Crippen LogP contribution in [-0.2, 0) is 11.2 Å². The van der Waals surface area contributed by atoms with E-state index in [9.17, 15) is 4.79 Å². The highest BCUT2D eigenvalue weighted by Crippen LogP contribution is 2.20. The predicted molar refractivity (Wildman–Crippen MR) is 59.5 cm³/mol. The van der Waals surface area contributed by atoms with Gasteiger partial charge in [0.25, 0.3) is 0 Å². The van der Waals surface area contributed by atoms with Crippen LogP contribution in [0.25, 0.3) is 0 Å². The third-order valence-electron chi connectivity index (χ3n) is 2.52. The molecule has 0 aliphatic carbocycles. The molecule has 0 amide bonds.